The normalized spacial score (nSPS) is 16.3. The Balaban J connectivity index is 1.37. The van der Waals surface area contributed by atoms with Gasteiger partial charge in [-0.15, -0.1) is 0 Å². The Bertz CT molecular complexity index is 1210. The van der Waals surface area contributed by atoms with Crippen LogP contribution in [0.5, 0.6) is 5.88 Å². The second-order valence-electron chi connectivity index (χ2n) is 7.85. The summed E-state index contributed by atoms with van der Waals surface area (Å²) in [6, 6.07) is 15.8. The predicted molar refractivity (Wildman–Crippen MR) is 124 cm³/mol. The summed E-state index contributed by atoms with van der Waals surface area (Å²) in [5.74, 6) is -0.740. The molecular formula is C23H24ClFN4O3S. The fraction of sp³-hybridized carbons (Fsp3) is 0.304. The topological polar surface area (TPSA) is 84.4 Å². The molecule has 1 atom stereocenters. The Hall–Kier alpha value is -2.75. The molecule has 0 aliphatic carbocycles. The zero-order valence-corrected chi connectivity index (χ0v) is 19.6. The van der Waals surface area contributed by atoms with E-state index in [0.717, 1.165) is 38.2 Å². The standard InChI is InChI=1S/C23H24ClFN4O3S/c1-16(17-6-3-2-4-7-17)29-12-10-18(11-13-29)32-23-20(24)14-19(15-26-23)33(30,31)28-22-9-5-8-21(25)27-22/h2-9,14-16,18H,10-13H2,1H3,(H,27,28)/t16-/m1/s1. The van der Waals surface area contributed by atoms with Gasteiger partial charge < -0.3 is 4.74 Å². The van der Waals surface area contributed by atoms with E-state index in [0.29, 0.717) is 6.04 Å². The third-order valence-electron chi connectivity index (χ3n) is 5.63. The lowest BCUT2D eigenvalue weighted by Gasteiger charge is -2.36. The minimum Gasteiger partial charge on any atom is -0.473 e. The average molecular weight is 491 g/mol. The molecule has 1 fully saturated rings. The van der Waals surface area contributed by atoms with Crippen molar-refractivity contribution >= 4 is 27.4 Å². The number of hydrogen-bond acceptors (Lipinski definition) is 6. The van der Waals surface area contributed by atoms with Crippen LogP contribution in [0, 0.1) is 5.95 Å². The molecule has 0 saturated carbocycles. The zero-order chi connectivity index (χ0) is 23.4. The second-order valence-corrected chi connectivity index (χ2v) is 9.94. The van der Waals surface area contributed by atoms with Gasteiger partial charge >= 0.3 is 0 Å². The first-order valence-corrected chi connectivity index (χ1v) is 12.4. The SMILES string of the molecule is C[C@H](c1ccccc1)N1CCC(Oc2ncc(S(=O)(=O)Nc3cccc(F)n3)cc2Cl)CC1. The van der Waals surface area contributed by atoms with E-state index in [1.54, 1.807) is 0 Å². The second kappa shape index (κ2) is 10.0. The number of pyridine rings is 2. The van der Waals surface area contributed by atoms with E-state index in [9.17, 15) is 12.8 Å². The van der Waals surface area contributed by atoms with E-state index >= 15 is 0 Å². The lowest BCUT2D eigenvalue weighted by Crippen LogP contribution is -2.39. The van der Waals surface area contributed by atoms with Gasteiger partial charge in [0.1, 0.15) is 21.8 Å². The minimum atomic E-state index is -4.03. The van der Waals surface area contributed by atoms with Crippen molar-refractivity contribution in [3.63, 3.8) is 0 Å². The van der Waals surface area contributed by atoms with Crippen molar-refractivity contribution in [2.45, 2.75) is 36.8 Å². The fourth-order valence-electron chi connectivity index (χ4n) is 3.78. The van der Waals surface area contributed by atoms with Crippen LogP contribution in [0.25, 0.3) is 0 Å². The van der Waals surface area contributed by atoms with Crippen LogP contribution in [0.1, 0.15) is 31.4 Å². The number of ether oxygens (including phenoxy) is 1. The Kier molecular flexibility index (Phi) is 7.11. The zero-order valence-electron chi connectivity index (χ0n) is 18.0. The van der Waals surface area contributed by atoms with Crippen LogP contribution in [-0.2, 0) is 10.0 Å². The Labute approximate surface area is 197 Å². The van der Waals surface area contributed by atoms with Gasteiger partial charge in [0.2, 0.25) is 11.8 Å². The smallest absolute Gasteiger partial charge is 0.264 e. The molecule has 33 heavy (non-hydrogen) atoms. The molecule has 3 heterocycles. The van der Waals surface area contributed by atoms with Crippen molar-refractivity contribution in [3.8, 4) is 5.88 Å². The molecule has 0 spiro atoms. The number of anilines is 1. The fourth-order valence-corrected chi connectivity index (χ4v) is 5.03. The lowest BCUT2D eigenvalue weighted by molar-refractivity contribution is 0.0768. The van der Waals surface area contributed by atoms with Crippen molar-refractivity contribution in [2.24, 2.45) is 0 Å². The molecule has 2 aromatic heterocycles. The maximum absolute atomic E-state index is 13.2. The van der Waals surface area contributed by atoms with Gasteiger partial charge in [-0.25, -0.2) is 18.4 Å². The van der Waals surface area contributed by atoms with Gasteiger partial charge in [-0.3, -0.25) is 9.62 Å². The summed E-state index contributed by atoms with van der Waals surface area (Å²) in [6.45, 7) is 3.94. The van der Waals surface area contributed by atoms with E-state index in [4.69, 9.17) is 16.3 Å². The maximum Gasteiger partial charge on any atom is 0.264 e. The van der Waals surface area contributed by atoms with E-state index in [1.165, 1.54) is 23.8 Å². The van der Waals surface area contributed by atoms with Gasteiger partial charge in [-0.2, -0.15) is 4.39 Å². The Morgan fingerprint density at radius 3 is 2.55 bits per heavy atom. The summed E-state index contributed by atoms with van der Waals surface area (Å²) < 4.78 is 46.6. The molecule has 1 saturated heterocycles. The van der Waals surface area contributed by atoms with Gasteiger partial charge in [-0.05, 0) is 43.5 Å². The predicted octanol–water partition coefficient (Wildman–Crippen LogP) is 4.67. The maximum atomic E-state index is 13.2. The molecule has 7 nitrogen and oxygen atoms in total. The first-order chi connectivity index (χ1) is 15.8. The number of halogens is 2. The van der Waals surface area contributed by atoms with E-state index < -0.39 is 16.0 Å². The van der Waals surface area contributed by atoms with E-state index in [1.807, 2.05) is 18.2 Å². The highest BCUT2D eigenvalue weighted by atomic mass is 35.5. The highest BCUT2D eigenvalue weighted by molar-refractivity contribution is 7.92. The first-order valence-electron chi connectivity index (χ1n) is 10.6. The van der Waals surface area contributed by atoms with Crippen LogP contribution in [-0.4, -0.2) is 42.5 Å². The van der Waals surface area contributed by atoms with Crippen LogP contribution < -0.4 is 9.46 Å². The number of sulfonamides is 1. The summed E-state index contributed by atoms with van der Waals surface area (Å²) in [7, 11) is -4.03. The van der Waals surface area contributed by atoms with Crippen molar-refractivity contribution < 1.29 is 17.5 Å². The molecule has 174 valence electrons. The highest BCUT2D eigenvalue weighted by Gasteiger charge is 2.26. The minimum absolute atomic E-state index is 0.0636. The summed E-state index contributed by atoms with van der Waals surface area (Å²) >= 11 is 6.28. The van der Waals surface area contributed by atoms with Crippen molar-refractivity contribution in [2.75, 3.05) is 17.8 Å². The Morgan fingerprint density at radius 1 is 1.15 bits per heavy atom. The lowest BCUT2D eigenvalue weighted by atomic mass is 10.0. The van der Waals surface area contributed by atoms with Gasteiger partial charge in [-0.1, -0.05) is 48.0 Å². The molecule has 3 aromatic rings. The number of aromatic nitrogens is 2. The molecule has 1 aliphatic heterocycles. The van der Waals surface area contributed by atoms with Crippen molar-refractivity contribution in [3.05, 3.63) is 77.3 Å². The number of piperidine rings is 1. The molecular weight excluding hydrogens is 467 g/mol. The van der Waals surface area contributed by atoms with Gasteiger partial charge in [0.05, 0.1) is 6.20 Å². The Morgan fingerprint density at radius 2 is 1.88 bits per heavy atom. The summed E-state index contributed by atoms with van der Waals surface area (Å²) in [5, 5.41) is 0.0881. The molecule has 1 aliphatic rings. The van der Waals surface area contributed by atoms with Crippen LogP contribution in [0.15, 0.2) is 65.7 Å². The molecule has 4 rings (SSSR count). The molecule has 10 heteroatoms. The number of nitrogens with one attached hydrogen (secondary N) is 1. The number of rotatable bonds is 7. The number of nitrogens with zero attached hydrogens (tertiary/aromatic N) is 3. The number of benzene rings is 1. The molecule has 0 amide bonds. The third-order valence-corrected chi connectivity index (χ3v) is 7.22. The van der Waals surface area contributed by atoms with Gasteiger partial charge in [0.15, 0.2) is 0 Å². The van der Waals surface area contributed by atoms with Crippen molar-refractivity contribution in [1.82, 2.24) is 14.9 Å². The molecule has 1 N–H and O–H groups in total. The highest BCUT2D eigenvalue weighted by Crippen LogP contribution is 2.30. The first kappa shape index (κ1) is 23.4. The molecule has 0 bridgehead atoms. The van der Waals surface area contributed by atoms with Gasteiger partial charge in [0.25, 0.3) is 10.0 Å². The molecule has 1 aromatic carbocycles. The molecule has 0 radical (unpaired) electrons. The average Bonchev–Trinajstić information content (AvgIpc) is 2.80. The number of hydrogen-bond donors (Lipinski definition) is 1. The monoisotopic (exact) mass is 490 g/mol. The van der Waals surface area contributed by atoms with E-state index in [-0.39, 0.29) is 27.7 Å². The van der Waals surface area contributed by atoms with Crippen molar-refractivity contribution in [1.29, 1.82) is 0 Å². The van der Waals surface area contributed by atoms with E-state index in [2.05, 4.69) is 38.6 Å². The van der Waals surface area contributed by atoms with Crippen LogP contribution in [0.4, 0.5) is 10.2 Å². The third kappa shape index (κ3) is 5.79. The van der Waals surface area contributed by atoms with Crippen LogP contribution >= 0.6 is 11.6 Å². The van der Waals surface area contributed by atoms with Crippen LogP contribution in [0.2, 0.25) is 5.02 Å². The number of likely N-dealkylation sites (tertiary alicyclic amines) is 1. The van der Waals surface area contributed by atoms with Gasteiger partial charge in [0, 0.05) is 19.1 Å². The summed E-state index contributed by atoms with van der Waals surface area (Å²) in [5.41, 5.74) is 1.28. The quantitative estimate of drug-likeness (QED) is 0.484. The van der Waals surface area contributed by atoms with Crippen LogP contribution in [0.3, 0.4) is 0 Å². The molecule has 0 unspecified atom stereocenters. The largest absolute Gasteiger partial charge is 0.473 e. The summed E-state index contributed by atoms with van der Waals surface area (Å²) in [6.07, 6.45) is 2.71. The summed E-state index contributed by atoms with van der Waals surface area (Å²) in [4.78, 5) is 9.86.